The standard InChI is InChI=1S/C17H23N3O2/c1-3-4-5-14(10-18)20-17(21)15-16(22-11-19-15)13-8-6-12(2)7-9-13/h6-9,11,14H,3-5,10,18H2,1-2H3,(H,20,21). The first-order valence-corrected chi connectivity index (χ1v) is 7.67. The summed E-state index contributed by atoms with van der Waals surface area (Å²) in [6.45, 7) is 4.54. The molecule has 0 aliphatic heterocycles. The smallest absolute Gasteiger partial charge is 0.274 e. The van der Waals surface area contributed by atoms with Crippen molar-refractivity contribution in [1.29, 1.82) is 0 Å². The van der Waals surface area contributed by atoms with Crippen LogP contribution in [0, 0.1) is 6.92 Å². The van der Waals surface area contributed by atoms with Crippen molar-refractivity contribution in [2.75, 3.05) is 6.54 Å². The zero-order valence-electron chi connectivity index (χ0n) is 13.1. The lowest BCUT2D eigenvalue weighted by Crippen LogP contribution is -2.40. The second kappa shape index (κ2) is 7.75. The van der Waals surface area contributed by atoms with Gasteiger partial charge in [-0.3, -0.25) is 4.79 Å². The van der Waals surface area contributed by atoms with Crippen molar-refractivity contribution in [1.82, 2.24) is 10.3 Å². The molecule has 0 bridgehead atoms. The molecule has 0 saturated heterocycles. The van der Waals surface area contributed by atoms with E-state index in [9.17, 15) is 4.79 Å². The van der Waals surface area contributed by atoms with Gasteiger partial charge in [0, 0.05) is 18.2 Å². The molecule has 0 aliphatic rings. The number of carbonyl (C=O) groups excluding carboxylic acids is 1. The lowest BCUT2D eigenvalue weighted by atomic mass is 10.1. The Labute approximate surface area is 130 Å². The van der Waals surface area contributed by atoms with Gasteiger partial charge < -0.3 is 15.5 Å². The van der Waals surface area contributed by atoms with Crippen LogP contribution in [0.15, 0.2) is 35.1 Å². The maximum Gasteiger partial charge on any atom is 0.274 e. The lowest BCUT2D eigenvalue weighted by molar-refractivity contribution is 0.0931. The first-order valence-electron chi connectivity index (χ1n) is 7.67. The number of aromatic nitrogens is 1. The molecule has 1 aromatic carbocycles. The number of nitrogens with one attached hydrogen (secondary N) is 1. The molecule has 0 spiro atoms. The first-order chi connectivity index (χ1) is 10.7. The number of hydrogen-bond acceptors (Lipinski definition) is 4. The van der Waals surface area contributed by atoms with E-state index in [2.05, 4.69) is 17.2 Å². The lowest BCUT2D eigenvalue weighted by Gasteiger charge is -2.15. The Morgan fingerprint density at radius 2 is 2.09 bits per heavy atom. The Balaban J connectivity index is 2.14. The fourth-order valence-electron chi connectivity index (χ4n) is 2.27. The summed E-state index contributed by atoms with van der Waals surface area (Å²) in [5.74, 6) is 0.250. The van der Waals surface area contributed by atoms with Crippen molar-refractivity contribution in [3.63, 3.8) is 0 Å². The molecule has 0 fully saturated rings. The van der Waals surface area contributed by atoms with Crippen LogP contribution < -0.4 is 11.1 Å². The number of hydrogen-bond donors (Lipinski definition) is 2. The van der Waals surface area contributed by atoms with Gasteiger partial charge in [-0.25, -0.2) is 4.98 Å². The molecular formula is C17H23N3O2. The molecule has 2 aromatic rings. The van der Waals surface area contributed by atoms with Crippen molar-refractivity contribution in [2.45, 2.75) is 39.2 Å². The van der Waals surface area contributed by atoms with Crippen LogP contribution in [0.4, 0.5) is 0 Å². The van der Waals surface area contributed by atoms with Crippen molar-refractivity contribution >= 4 is 5.91 Å². The summed E-state index contributed by atoms with van der Waals surface area (Å²) in [5, 5.41) is 2.94. The van der Waals surface area contributed by atoms with E-state index in [1.165, 1.54) is 6.39 Å². The van der Waals surface area contributed by atoms with Gasteiger partial charge in [0.25, 0.3) is 5.91 Å². The fraction of sp³-hybridized carbons (Fsp3) is 0.412. The zero-order valence-corrected chi connectivity index (χ0v) is 13.1. The fourth-order valence-corrected chi connectivity index (χ4v) is 2.27. The number of unbranched alkanes of at least 4 members (excludes halogenated alkanes) is 1. The molecule has 1 heterocycles. The Morgan fingerprint density at radius 3 is 2.73 bits per heavy atom. The Morgan fingerprint density at radius 1 is 1.36 bits per heavy atom. The minimum absolute atomic E-state index is 0.0324. The molecule has 118 valence electrons. The third kappa shape index (κ3) is 3.95. The van der Waals surface area contributed by atoms with Crippen LogP contribution in [0.3, 0.4) is 0 Å². The molecule has 0 aliphatic carbocycles. The van der Waals surface area contributed by atoms with Gasteiger partial charge in [0.1, 0.15) is 0 Å². The summed E-state index contributed by atoms with van der Waals surface area (Å²) >= 11 is 0. The van der Waals surface area contributed by atoms with Crippen LogP contribution >= 0.6 is 0 Å². The van der Waals surface area contributed by atoms with Crippen molar-refractivity contribution < 1.29 is 9.21 Å². The molecule has 1 atom stereocenters. The van der Waals surface area contributed by atoms with Crippen LogP contribution in [0.2, 0.25) is 0 Å². The van der Waals surface area contributed by atoms with E-state index in [1.807, 2.05) is 31.2 Å². The molecule has 5 nitrogen and oxygen atoms in total. The first kappa shape index (κ1) is 16.2. The highest BCUT2D eigenvalue weighted by atomic mass is 16.3. The minimum Gasteiger partial charge on any atom is -0.443 e. The van der Waals surface area contributed by atoms with E-state index in [-0.39, 0.29) is 11.9 Å². The highest BCUT2D eigenvalue weighted by Crippen LogP contribution is 2.23. The van der Waals surface area contributed by atoms with Crippen LogP contribution in [-0.2, 0) is 0 Å². The Hall–Kier alpha value is -2.14. The number of amides is 1. The summed E-state index contributed by atoms with van der Waals surface area (Å²) in [5.41, 5.74) is 8.02. The van der Waals surface area contributed by atoms with Crippen LogP contribution in [0.25, 0.3) is 11.3 Å². The SMILES string of the molecule is CCCCC(CN)NC(=O)c1ncoc1-c1ccc(C)cc1. The molecule has 3 N–H and O–H groups in total. The third-order valence-corrected chi connectivity index (χ3v) is 3.62. The normalized spacial score (nSPS) is 12.1. The number of rotatable bonds is 7. The summed E-state index contributed by atoms with van der Waals surface area (Å²) in [6, 6.07) is 7.76. The maximum absolute atomic E-state index is 12.4. The predicted octanol–water partition coefficient (Wildman–Crippen LogP) is 2.90. The summed E-state index contributed by atoms with van der Waals surface area (Å²) in [6.07, 6.45) is 4.28. The summed E-state index contributed by atoms with van der Waals surface area (Å²) in [4.78, 5) is 16.5. The molecule has 0 saturated carbocycles. The van der Waals surface area contributed by atoms with Gasteiger partial charge in [-0.1, -0.05) is 49.6 Å². The summed E-state index contributed by atoms with van der Waals surface area (Å²) < 4.78 is 5.40. The predicted molar refractivity (Wildman–Crippen MR) is 86.5 cm³/mol. The number of oxazole rings is 1. The maximum atomic E-state index is 12.4. The quantitative estimate of drug-likeness (QED) is 0.824. The average Bonchev–Trinajstić information content (AvgIpc) is 3.01. The Kier molecular flexibility index (Phi) is 5.72. The van der Waals surface area contributed by atoms with E-state index in [0.717, 1.165) is 30.4 Å². The van der Waals surface area contributed by atoms with Crippen LogP contribution in [0.1, 0.15) is 42.2 Å². The van der Waals surface area contributed by atoms with E-state index in [0.29, 0.717) is 18.0 Å². The van der Waals surface area contributed by atoms with Gasteiger partial charge in [-0.2, -0.15) is 0 Å². The second-order valence-corrected chi connectivity index (χ2v) is 5.44. The second-order valence-electron chi connectivity index (χ2n) is 5.44. The van der Waals surface area contributed by atoms with Crippen LogP contribution in [0.5, 0.6) is 0 Å². The average molecular weight is 301 g/mol. The Bertz CT molecular complexity index is 605. The summed E-state index contributed by atoms with van der Waals surface area (Å²) in [7, 11) is 0. The molecule has 1 unspecified atom stereocenters. The highest BCUT2D eigenvalue weighted by Gasteiger charge is 2.20. The molecule has 1 amide bonds. The topological polar surface area (TPSA) is 81.1 Å². The number of aryl methyl sites for hydroxylation is 1. The monoisotopic (exact) mass is 301 g/mol. The minimum atomic E-state index is -0.240. The number of nitrogens with two attached hydrogens (primary N) is 1. The molecular weight excluding hydrogens is 278 g/mol. The largest absolute Gasteiger partial charge is 0.443 e. The molecule has 2 rings (SSSR count). The zero-order chi connectivity index (χ0) is 15.9. The number of carbonyl (C=O) groups is 1. The van der Waals surface area contributed by atoms with Gasteiger partial charge >= 0.3 is 0 Å². The van der Waals surface area contributed by atoms with Crippen molar-refractivity contribution in [2.24, 2.45) is 5.73 Å². The van der Waals surface area contributed by atoms with Gasteiger partial charge in [0.15, 0.2) is 17.8 Å². The van der Waals surface area contributed by atoms with Gasteiger partial charge in [0.2, 0.25) is 0 Å². The van der Waals surface area contributed by atoms with Crippen LogP contribution in [-0.4, -0.2) is 23.5 Å². The molecule has 5 heteroatoms. The van der Waals surface area contributed by atoms with E-state index < -0.39 is 0 Å². The van der Waals surface area contributed by atoms with Gasteiger partial charge in [0.05, 0.1) is 0 Å². The van der Waals surface area contributed by atoms with Gasteiger partial charge in [-0.05, 0) is 13.3 Å². The van der Waals surface area contributed by atoms with E-state index >= 15 is 0 Å². The van der Waals surface area contributed by atoms with Crippen molar-refractivity contribution in [3.8, 4) is 11.3 Å². The van der Waals surface area contributed by atoms with Crippen molar-refractivity contribution in [3.05, 3.63) is 41.9 Å². The van der Waals surface area contributed by atoms with E-state index in [4.69, 9.17) is 10.2 Å². The highest BCUT2D eigenvalue weighted by molar-refractivity contribution is 5.97. The third-order valence-electron chi connectivity index (χ3n) is 3.62. The molecule has 0 radical (unpaired) electrons. The van der Waals surface area contributed by atoms with Gasteiger partial charge in [-0.15, -0.1) is 0 Å². The molecule has 1 aromatic heterocycles. The molecule has 22 heavy (non-hydrogen) atoms. The van der Waals surface area contributed by atoms with E-state index in [1.54, 1.807) is 0 Å². The number of benzene rings is 1. The number of nitrogens with zero attached hydrogens (tertiary/aromatic N) is 1.